The average molecular weight is 393 g/mol. The van der Waals surface area contributed by atoms with Crippen LogP contribution in [0.15, 0.2) is 24.7 Å². The van der Waals surface area contributed by atoms with Crippen LogP contribution in [0.5, 0.6) is 0 Å². The normalized spacial score (nSPS) is 11.0. The van der Waals surface area contributed by atoms with E-state index in [9.17, 15) is 9.90 Å². The Morgan fingerprint density at radius 2 is 1.83 bits per heavy atom. The van der Waals surface area contributed by atoms with Crippen molar-refractivity contribution in [2.24, 2.45) is 14.1 Å². The molecule has 4 aromatic rings. The number of aromatic carboxylic acids is 1. The maximum Gasteiger partial charge on any atom is 0.337 e. The van der Waals surface area contributed by atoms with E-state index in [0.717, 1.165) is 11.4 Å². The molecule has 0 aromatic carbocycles. The highest BCUT2D eigenvalue weighted by Crippen LogP contribution is 2.27. The van der Waals surface area contributed by atoms with Gasteiger partial charge in [0.2, 0.25) is 5.95 Å². The molecule has 0 saturated heterocycles. The molecule has 0 aliphatic carbocycles. The molecule has 0 spiro atoms. The van der Waals surface area contributed by atoms with Gasteiger partial charge >= 0.3 is 5.97 Å². The lowest BCUT2D eigenvalue weighted by molar-refractivity contribution is 0.0696. The van der Waals surface area contributed by atoms with Crippen molar-refractivity contribution in [1.29, 1.82) is 0 Å². The highest BCUT2D eigenvalue weighted by atomic mass is 16.4. The Hall–Kier alpha value is -4.02. The number of aromatic nitrogens is 7. The van der Waals surface area contributed by atoms with Gasteiger partial charge < -0.3 is 15.7 Å². The summed E-state index contributed by atoms with van der Waals surface area (Å²) >= 11 is 0. The minimum Gasteiger partial charge on any atom is -0.478 e. The Morgan fingerprint density at radius 3 is 2.52 bits per heavy atom. The second-order valence-corrected chi connectivity index (χ2v) is 6.58. The molecular formula is C18H19N9O2. The molecule has 0 saturated carbocycles. The van der Waals surface area contributed by atoms with E-state index >= 15 is 0 Å². The summed E-state index contributed by atoms with van der Waals surface area (Å²) in [5, 5.41) is 24.8. The Bertz CT molecular complexity index is 1240. The number of hydrogen-bond donors (Lipinski definition) is 3. The topological polar surface area (TPSA) is 136 Å². The smallest absolute Gasteiger partial charge is 0.337 e. The molecule has 0 bridgehead atoms. The molecule has 148 valence electrons. The summed E-state index contributed by atoms with van der Waals surface area (Å²) in [5.41, 5.74) is 3.69. The zero-order valence-electron chi connectivity index (χ0n) is 16.3. The second-order valence-electron chi connectivity index (χ2n) is 6.58. The van der Waals surface area contributed by atoms with E-state index < -0.39 is 5.97 Å². The molecular weight excluding hydrogens is 374 g/mol. The van der Waals surface area contributed by atoms with E-state index in [0.29, 0.717) is 34.2 Å². The number of nitrogens with zero attached hydrogens (tertiary/aromatic N) is 7. The number of pyridine rings is 1. The molecule has 11 nitrogen and oxygen atoms in total. The fraction of sp³-hybridized carbons (Fsp3) is 0.222. The summed E-state index contributed by atoms with van der Waals surface area (Å²) in [6, 6.07) is 1.52. The van der Waals surface area contributed by atoms with Crippen molar-refractivity contribution in [3.05, 3.63) is 41.6 Å². The highest BCUT2D eigenvalue weighted by molar-refractivity contribution is 5.92. The van der Waals surface area contributed by atoms with E-state index in [2.05, 4.69) is 35.8 Å². The van der Waals surface area contributed by atoms with Crippen molar-refractivity contribution in [2.45, 2.75) is 13.8 Å². The first kappa shape index (κ1) is 18.3. The monoisotopic (exact) mass is 393 g/mol. The van der Waals surface area contributed by atoms with Crippen LogP contribution in [0.3, 0.4) is 0 Å². The number of hydrogen-bond acceptors (Lipinski definition) is 8. The molecule has 0 unspecified atom stereocenters. The Kier molecular flexibility index (Phi) is 4.34. The van der Waals surface area contributed by atoms with Gasteiger partial charge in [0.25, 0.3) is 0 Å². The van der Waals surface area contributed by atoms with Crippen molar-refractivity contribution >= 4 is 40.1 Å². The number of anilines is 4. The summed E-state index contributed by atoms with van der Waals surface area (Å²) < 4.78 is 3.39. The van der Waals surface area contributed by atoms with Gasteiger partial charge in [0, 0.05) is 26.5 Å². The van der Waals surface area contributed by atoms with Crippen molar-refractivity contribution < 1.29 is 9.90 Å². The maximum atomic E-state index is 11.2. The number of nitrogens with one attached hydrogen (secondary N) is 2. The molecule has 4 aromatic heterocycles. The predicted molar refractivity (Wildman–Crippen MR) is 107 cm³/mol. The van der Waals surface area contributed by atoms with Crippen LogP contribution in [0.25, 0.3) is 11.0 Å². The first-order chi connectivity index (χ1) is 13.8. The maximum absolute atomic E-state index is 11.2. The van der Waals surface area contributed by atoms with Gasteiger partial charge in [0.1, 0.15) is 0 Å². The zero-order valence-corrected chi connectivity index (χ0v) is 16.3. The molecule has 0 amide bonds. The van der Waals surface area contributed by atoms with Crippen LogP contribution in [0.2, 0.25) is 0 Å². The minimum atomic E-state index is -1.05. The SMILES string of the molecule is Cc1ncc(C(=O)O)cc1Nc1nn(C)c2nc(Nc3cnn(C)c3C)ncc12. The number of carboxylic acid groups (broad SMARTS) is 1. The van der Waals surface area contributed by atoms with Crippen LogP contribution >= 0.6 is 0 Å². The molecule has 0 aliphatic rings. The van der Waals surface area contributed by atoms with Gasteiger partial charge in [-0.1, -0.05) is 0 Å². The zero-order chi connectivity index (χ0) is 20.7. The van der Waals surface area contributed by atoms with Crippen LogP contribution in [-0.2, 0) is 14.1 Å². The second kappa shape index (κ2) is 6.86. The number of carbonyl (C=O) groups is 1. The quantitative estimate of drug-likeness (QED) is 0.466. The van der Waals surface area contributed by atoms with Gasteiger partial charge in [0.15, 0.2) is 11.5 Å². The van der Waals surface area contributed by atoms with Crippen molar-refractivity contribution in [1.82, 2.24) is 34.5 Å². The molecule has 29 heavy (non-hydrogen) atoms. The summed E-state index contributed by atoms with van der Waals surface area (Å²) in [6.07, 6.45) is 4.70. The third kappa shape index (κ3) is 3.33. The first-order valence-electron chi connectivity index (χ1n) is 8.76. The van der Waals surface area contributed by atoms with Gasteiger partial charge in [-0.2, -0.15) is 15.2 Å². The third-order valence-electron chi connectivity index (χ3n) is 4.65. The highest BCUT2D eigenvalue weighted by Gasteiger charge is 2.15. The third-order valence-corrected chi connectivity index (χ3v) is 4.65. The summed E-state index contributed by atoms with van der Waals surface area (Å²) in [7, 11) is 3.64. The van der Waals surface area contributed by atoms with Crippen LogP contribution in [-0.4, -0.2) is 45.6 Å². The van der Waals surface area contributed by atoms with E-state index in [1.165, 1.54) is 12.3 Å². The Balaban J connectivity index is 1.68. The summed E-state index contributed by atoms with van der Waals surface area (Å²) in [4.78, 5) is 24.3. The van der Waals surface area contributed by atoms with Gasteiger partial charge in [0.05, 0.1) is 39.9 Å². The minimum absolute atomic E-state index is 0.0907. The molecule has 11 heteroatoms. The number of rotatable bonds is 5. The molecule has 0 fully saturated rings. The lowest BCUT2D eigenvalue weighted by Crippen LogP contribution is -2.02. The van der Waals surface area contributed by atoms with Crippen LogP contribution in [0, 0.1) is 13.8 Å². The van der Waals surface area contributed by atoms with Crippen molar-refractivity contribution in [2.75, 3.05) is 10.6 Å². The number of aryl methyl sites for hydroxylation is 3. The lowest BCUT2D eigenvalue weighted by atomic mass is 10.2. The van der Waals surface area contributed by atoms with Crippen LogP contribution in [0.1, 0.15) is 21.7 Å². The molecule has 3 N–H and O–H groups in total. The Labute approximate surface area is 165 Å². The van der Waals surface area contributed by atoms with Crippen LogP contribution in [0.4, 0.5) is 23.1 Å². The molecule has 0 aliphatic heterocycles. The number of fused-ring (bicyclic) bond motifs is 1. The van der Waals surface area contributed by atoms with E-state index in [1.807, 2.05) is 14.0 Å². The lowest BCUT2D eigenvalue weighted by Gasteiger charge is -2.08. The van der Waals surface area contributed by atoms with E-state index in [1.54, 1.807) is 35.7 Å². The summed E-state index contributed by atoms with van der Waals surface area (Å²) in [5.74, 6) is -0.107. The largest absolute Gasteiger partial charge is 0.478 e. The number of carboxylic acids is 1. The van der Waals surface area contributed by atoms with Crippen molar-refractivity contribution in [3.8, 4) is 0 Å². The van der Waals surface area contributed by atoms with Gasteiger partial charge in [-0.3, -0.25) is 9.67 Å². The van der Waals surface area contributed by atoms with Gasteiger partial charge in [-0.05, 0) is 19.9 Å². The van der Waals surface area contributed by atoms with E-state index in [-0.39, 0.29) is 5.56 Å². The average Bonchev–Trinajstić information content (AvgIpc) is 3.17. The standard InChI is InChI=1S/C18H19N9O2/c1-9-13(5-11(6-19-9)17(28)29)22-15-12-7-20-18(24-16(12)27(4)25-15)23-14-8-21-26(3)10(14)2/h5-8H,1-4H3,(H,22,25)(H,28,29)(H,20,23,24). The fourth-order valence-corrected chi connectivity index (χ4v) is 2.84. The molecule has 0 atom stereocenters. The van der Waals surface area contributed by atoms with Gasteiger partial charge in [-0.25, -0.2) is 14.5 Å². The first-order valence-corrected chi connectivity index (χ1v) is 8.76. The summed E-state index contributed by atoms with van der Waals surface area (Å²) in [6.45, 7) is 3.73. The van der Waals surface area contributed by atoms with Crippen LogP contribution < -0.4 is 10.6 Å². The fourth-order valence-electron chi connectivity index (χ4n) is 2.84. The molecule has 4 heterocycles. The van der Waals surface area contributed by atoms with Crippen molar-refractivity contribution in [3.63, 3.8) is 0 Å². The van der Waals surface area contributed by atoms with Gasteiger partial charge in [-0.15, -0.1) is 0 Å². The Morgan fingerprint density at radius 1 is 1.03 bits per heavy atom. The molecule has 4 rings (SSSR count). The molecule has 0 radical (unpaired) electrons. The predicted octanol–water partition coefficient (Wildman–Crippen LogP) is 2.29. The van der Waals surface area contributed by atoms with E-state index in [4.69, 9.17) is 0 Å².